The van der Waals surface area contributed by atoms with Gasteiger partial charge in [-0.1, -0.05) is 24.3 Å². The lowest BCUT2D eigenvalue weighted by Gasteiger charge is -2.17. The minimum Gasteiger partial charge on any atom is -0.492 e. The van der Waals surface area contributed by atoms with E-state index in [2.05, 4.69) is 4.98 Å². The molecule has 0 saturated carbocycles. The van der Waals surface area contributed by atoms with E-state index in [1.54, 1.807) is 6.07 Å². The zero-order valence-corrected chi connectivity index (χ0v) is 18.5. The maximum absolute atomic E-state index is 14.6. The van der Waals surface area contributed by atoms with Gasteiger partial charge in [-0.25, -0.2) is 9.37 Å². The number of rotatable bonds is 6. The first kappa shape index (κ1) is 21.2. The fourth-order valence-electron chi connectivity index (χ4n) is 4.68. The zero-order chi connectivity index (χ0) is 22.9. The molecule has 0 bridgehead atoms. The number of pyridine rings is 1. The van der Waals surface area contributed by atoms with Crippen molar-refractivity contribution in [2.45, 2.75) is 31.3 Å². The normalized spacial score (nSPS) is 18.3. The zero-order valence-electron chi connectivity index (χ0n) is 18.5. The summed E-state index contributed by atoms with van der Waals surface area (Å²) in [4.78, 5) is 15.6. The Morgan fingerprint density at radius 1 is 1.15 bits per heavy atom. The molecule has 0 fully saturated rings. The molecule has 1 aliphatic heterocycles. The molecule has 0 amide bonds. The number of carbonyl (C=O) groups excluding carboxylic acids is 1. The Morgan fingerprint density at radius 3 is 2.85 bits per heavy atom. The van der Waals surface area contributed by atoms with Crippen LogP contribution in [0.1, 0.15) is 41.6 Å². The molecule has 33 heavy (non-hydrogen) atoms. The number of nitrogens with zero attached hydrogens (tertiary/aromatic N) is 1. The van der Waals surface area contributed by atoms with E-state index in [4.69, 9.17) is 18.9 Å². The average molecular weight is 449 g/mol. The van der Waals surface area contributed by atoms with E-state index < -0.39 is 0 Å². The largest absolute Gasteiger partial charge is 0.492 e. The number of benzene rings is 2. The highest BCUT2D eigenvalue weighted by Crippen LogP contribution is 2.43. The van der Waals surface area contributed by atoms with Crippen molar-refractivity contribution < 1.29 is 28.1 Å². The van der Waals surface area contributed by atoms with Crippen LogP contribution in [-0.2, 0) is 16.0 Å². The maximum atomic E-state index is 14.6. The van der Waals surface area contributed by atoms with Crippen LogP contribution >= 0.6 is 0 Å². The third-order valence-electron chi connectivity index (χ3n) is 6.33. The van der Waals surface area contributed by atoms with Gasteiger partial charge in [0.1, 0.15) is 23.4 Å². The Morgan fingerprint density at radius 2 is 2.03 bits per heavy atom. The van der Waals surface area contributed by atoms with E-state index in [1.807, 2.05) is 36.4 Å². The first-order valence-corrected chi connectivity index (χ1v) is 10.9. The van der Waals surface area contributed by atoms with Crippen LogP contribution in [0.25, 0.3) is 11.1 Å². The van der Waals surface area contributed by atoms with Crippen molar-refractivity contribution in [1.29, 1.82) is 0 Å². The highest BCUT2D eigenvalue weighted by atomic mass is 19.1. The molecule has 2 aliphatic rings. The van der Waals surface area contributed by atoms with Gasteiger partial charge >= 0.3 is 5.97 Å². The van der Waals surface area contributed by atoms with Crippen LogP contribution in [0, 0.1) is 5.82 Å². The summed E-state index contributed by atoms with van der Waals surface area (Å²) in [6.45, 7) is 0.449. The summed E-state index contributed by atoms with van der Waals surface area (Å²) in [6, 6.07) is 13.2. The molecule has 0 saturated heterocycles. The Labute approximate surface area is 191 Å². The molecule has 3 aromatic rings. The van der Waals surface area contributed by atoms with E-state index >= 15 is 0 Å². The van der Waals surface area contributed by atoms with Crippen molar-refractivity contribution in [1.82, 2.24) is 4.98 Å². The summed E-state index contributed by atoms with van der Waals surface area (Å²) < 4.78 is 36.7. The van der Waals surface area contributed by atoms with Crippen molar-refractivity contribution >= 4 is 5.97 Å². The first-order chi connectivity index (χ1) is 16.1. The van der Waals surface area contributed by atoms with E-state index in [1.165, 1.54) is 20.4 Å². The summed E-state index contributed by atoms with van der Waals surface area (Å²) >= 11 is 0. The Hall–Kier alpha value is -3.61. The number of fused-ring (bicyclic) bond motifs is 2. The van der Waals surface area contributed by atoms with Gasteiger partial charge in [0.05, 0.1) is 33.4 Å². The fourth-order valence-corrected chi connectivity index (χ4v) is 4.68. The number of hydrogen-bond acceptors (Lipinski definition) is 6. The van der Waals surface area contributed by atoms with Gasteiger partial charge in [0, 0.05) is 29.2 Å². The number of aromatic nitrogens is 1. The number of methoxy groups -OCH3 is 2. The number of halogens is 1. The van der Waals surface area contributed by atoms with Crippen LogP contribution in [-0.4, -0.2) is 31.8 Å². The number of hydrogen-bond donors (Lipinski definition) is 0. The molecule has 7 heteroatoms. The third-order valence-corrected chi connectivity index (χ3v) is 6.33. The van der Waals surface area contributed by atoms with Gasteiger partial charge in [-0.05, 0) is 35.6 Å². The summed E-state index contributed by atoms with van der Waals surface area (Å²) in [5.41, 5.74) is 4.42. The second-order valence-corrected chi connectivity index (χ2v) is 8.21. The lowest BCUT2D eigenvalue weighted by Crippen LogP contribution is -2.09. The second-order valence-electron chi connectivity index (χ2n) is 8.21. The van der Waals surface area contributed by atoms with Crippen molar-refractivity contribution in [3.63, 3.8) is 0 Å². The molecule has 0 N–H and O–H groups in total. The molecule has 0 spiro atoms. The second kappa shape index (κ2) is 8.73. The fraction of sp³-hybridized carbons (Fsp3) is 0.308. The topological polar surface area (TPSA) is 66.9 Å². The summed E-state index contributed by atoms with van der Waals surface area (Å²) in [7, 11) is 2.90. The molecular weight excluding hydrogens is 425 g/mol. The lowest BCUT2D eigenvalue weighted by molar-refractivity contribution is -0.141. The molecule has 2 aromatic carbocycles. The minimum absolute atomic E-state index is 0.0106. The van der Waals surface area contributed by atoms with Crippen LogP contribution in [0.4, 0.5) is 4.39 Å². The highest BCUT2D eigenvalue weighted by molar-refractivity contribution is 5.72. The van der Waals surface area contributed by atoms with Gasteiger partial charge in [-0.15, -0.1) is 0 Å². The molecule has 2 unspecified atom stereocenters. The standard InChI is InChI=1S/C26H24FNO5/c1-30-25-12-21(22(27)13-28-25)18-4-3-5-20-19(18)8-9-23(20)33-16-6-7-17-15(10-26(29)31-2)14-32-24(17)11-16/h3-7,11-13,15,23H,8-10,14H2,1-2H3. The molecule has 2 atom stereocenters. The van der Waals surface area contributed by atoms with Crippen LogP contribution in [0.2, 0.25) is 0 Å². The third kappa shape index (κ3) is 3.99. The SMILES string of the molecule is COC(=O)CC1COc2cc(OC3CCc4c(-c5cc(OC)ncc5F)cccc43)ccc21. The van der Waals surface area contributed by atoms with Crippen LogP contribution < -0.4 is 14.2 Å². The molecule has 6 nitrogen and oxygen atoms in total. The Kier molecular flexibility index (Phi) is 5.62. The van der Waals surface area contributed by atoms with Crippen molar-refractivity contribution in [3.05, 3.63) is 71.2 Å². The van der Waals surface area contributed by atoms with Crippen molar-refractivity contribution in [2.24, 2.45) is 0 Å². The van der Waals surface area contributed by atoms with Crippen LogP contribution in [0.5, 0.6) is 17.4 Å². The van der Waals surface area contributed by atoms with E-state index in [-0.39, 0.29) is 23.8 Å². The quantitative estimate of drug-likeness (QED) is 0.494. The lowest BCUT2D eigenvalue weighted by atomic mass is 9.97. The predicted octanol–water partition coefficient (Wildman–Crippen LogP) is 5.00. The van der Waals surface area contributed by atoms with E-state index in [0.717, 1.165) is 40.8 Å². The summed E-state index contributed by atoms with van der Waals surface area (Å²) in [6.07, 6.45) is 2.91. The number of carbonyl (C=O) groups is 1. The van der Waals surface area contributed by atoms with Gasteiger partial charge in [0.25, 0.3) is 0 Å². The van der Waals surface area contributed by atoms with Gasteiger partial charge in [0.15, 0.2) is 0 Å². The molecule has 2 heterocycles. The van der Waals surface area contributed by atoms with E-state index in [0.29, 0.717) is 30.2 Å². The maximum Gasteiger partial charge on any atom is 0.306 e. The van der Waals surface area contributed by atoms with Gasteiger partial charge < -0.3 is 18.9 Å². The van der Waals surface area contributed by atoms with Crippen molar-refractivity contribution in [3.8, 4) is 28.5 Å². The summed E-state index contributed by atoms with van der Waals surface area (Å²) in [5.74, 6) is 1.16. The Bertz CT molecular complexity index is 1210. The number of esters is 1. The minimum atomic E-state index is -0.383. The number of ether oxygens (including phenoxy) is 4. The van der Waals surface area contributed by atoms with Crippen LogP contribution in [0.15, 0.2) is 48.7 Å². The molecule has 5 rings (SSSR count). The first-order valence-electron chi connectivity index (χ1n) is 10.9. The average Bonchev–Trinajstić information content (AvgIpc) is 3.43. The summed E-state index contributed by atoms with van der Waals surface area (Å²) in [5, 5.41) is 0. The predicted molar refractivity (Wildman–Crippen MR) is 119 cm³/mol. The van der Waals surface area contributed by atoms with Gasteiger partial charge in [-0.2, -0.15) is 0 Å². The van der Waals surface area contributed by atoms with Crippen molar-refractivity contribution in [2.75, 3.05) is 20.8 Å². The van der Waals surface area contributed by atoms with Gasteiger partial charge in [0.2, 0.25) is 5.88 Å². The molecule has 170 valence electrons. The molecule has 0 radical (unpaired) electrons. The Balaban J connectivity index is 1.39. The van der Waals surface area contributed by atoms with E-state index in [9.17, 15) is 9.18 Å². The van der Waals surface area contributed by atoms with Crippen LogP contribution in [0.3, 0.4) is 0 Å². The van der Waals surface area contributed by atoms with Gasteiger partial charge in [-0.3, -0.25) is 4.79 Å². The highest BCUT2D eigenvalue weighted by Gasteiger charge is 2.30. The molecule has 1 aromatic heterocycles. The molecular formula is C26H24FNO5. The molecule has 1 aliphatic carbocycles. The smallest absolute Gasteiger partial charge is 0.306 e. The monoisotopic (exact) mass is 449 g/mol.